The quantitative estimate of drug-likeness (QED) is 0.569. The molecule has 3 aromatic rings. The molecule has 0 aliphatic heterocycles. The normalized spacial score (nSPS) is 16.4. The summed E-state index contributed by atoms with van der Waals surface area (Å²) >= 11 is 0. The molecule has 1 heteroatoms. The van der Waals surface area contributed by atoms with Crippen molar-refractivity contribution in [2.75, 3.05) is 0 Å². The predicted octanol–water partition coefficient (Wildman–Crippen LogP) is 5.65. The molecule has 1 nitrogen and oxygen atoms in total. The summed E-state index contributed by atoms with van der Waals surface area (Å²) in [7, 11) is 0. The number of hydrogen-bond donors (Lipinski definition) is 0. The topological polar surface area (TPSA) is 4.41 Å². The van der Waals surface area contributed by atoms with Crippen molar-refractivity contribution >= 4 is 5.52 Å². The average Bonchev–Trinajstić information content (AvgIpc) is 2.96. The Morgan fingerprint density at radius 3 is 2.38 bits per heavy atom. The summed E-state index contributed by atoms with van der Waals surface area (Å²) in [6, 6.07) is 17.4. The molecule has 0 unspecified atom stereocenters. The highest BCUT2D eigenvalue weighted by atomic mass is 14.9. The molecule has 4 rings (SSSR count). The number of rotatable bonds is 2. The van der Waals surface area contributed by atoms with Crippen LogP contribution in [0.1, 0.15) is 43.6 Å². The Labute approximate surface area is 126 Å². The molecule has 2 aromatic heterocycles. The molecule has 1 aliphatic carbocycles. The largest absolute Gasteiger partial charge is 0.323 e. The fourth-order valence-corrected chi connectivity index (χ4v) is 3.79. The number of hydrogen-bond acceptors (Lipinski definition) is 0. The zero-order valence-corrected chi connectivity index (χ0v) is 12.3. The van der Waals surface area contributed by atoms with Gasteiger partial charge < -0.3 is 4.40 Å². The Balaban J connectivity index is 1.92. The number of benzene rings is 1. The SMILES string of the molecule is c1ccc(-c2c(C3CCCCC3)cn3ccccc23)cc1. The summed E-state index contributed by atoms with van der Waals surface area (Å²) in [5.74, 6) is 0.730. The molecule has 106 valence electrons. The number of aromatic nitrogens is 1. The average molecular weight is 275 g/mol. The molecule has 0 bridgehead atoms. The van der Waals surface area contributed by atoms with Gasteiger partial charge in [0.1, 0.15) is 0 Å². The maximum absolute atomic E-state index is 2.37. The molecule has 0 radical (unpaired) electrons. The molecule has 21 heavy (non-hydrogen) atoms. The lowest BCUT2D eigenvalue weighted by Crippen LogP contribution is -2.04. The molecule has 1 aromatic carbocycles. The van der Waals surface area contributed by atoms with Crippen molar-refractivity contribution in [3.8, 4) is 11.1 Å². The fourth-order valence-electron chi connectivity index (χ4n) is 3.79. The molecule has 0 amide bonds. The van der Waals surface area contributed by atoms with Crippen molar-refractivity contribution in [2.24, 2.45) is 0 Å². The van der Waals surface area contributed by atoms with E-state index < -0.39 is 0 Å². The lowest BCUT2D eigenvalue weighted by molar-refractivity contribution is 0.444. The number of fused-ring (bicyclic) bond motifs is 1. The minimum Gasteiger partial charge on any atom is -0.323 e. The molecule has 1 saturated carbocycles. The van der Waals surface area contributed by atoms with Crippen molar-refractivity contribution in [1.82, 2.24) is 4.40 Å². The van der Waals surface area contributed by atoms with E-state index in [0.29, 0.717) is 0 Å². The lowest BCUT2D eigenvalue weighted by Gasteiger charge is -2.22. The van der Waals surface area contributed by atoms with E-state index in [4.69, 9.17) is 0 Å². The third-order valence-electron chi connectivity index (χ3n) is 4.82. The van der Waals surface area contributed by atoms with Gasteiger partial charge in [0.15, 0.2) is 0 Å². The summed E-state index contributed by atoms with van der Waals surface area (Å²) in [6.07, 6.45) is 11.4. The monoisotopic (exact) mass is 275 g/mol. The molecular formula is C20H21N. The van der Waals surface area contributed by atoms with Crippen LogP contribution >= 0.6 is 0 Å². The van der Waals surface area contributed by atoms with E-state index in [2.05, 4.69) is 65.3 Å². The standard InChI is InChI=1S/C20H21N/c1-3-9-16(10-4-1)18-15-21-14-8-7-13-19(21)20(18)17-11-5-2-6-12-17/h2,5-8,11-16H,1,3-4,9-10H2. The van der Waals surface area contributed by atoms with Crippen LogP contribution in [0.25, 0.3) is 16.6 Å². The van der Waals surface area contributed by atoms with Gasteiger partial charge in [0.05, 0.1) is 5.52 Å². The van der Waals surface area contributed by atoms with Crippen molar-refractivity contribution in [3.05, 3.63) is 66.5 Å². The molecule has 0 saturated heterocycles. The van der Waals surface area contributed by atoms with Gasteiger partial charge in [-0.05, 0) is 42.0 Å². The van der Waals surface area contributed by atoms with Crippen molar-refractivity contribution in [1.29, 1.82) is 0 Å². The highest BCUT2D eigenvalue weighted by molar-refractivity contribution is 5.84. The van der Waals surface area contributed by atoms with Crippen LogP contribution in [0.5, 0.6) is 0 Å². The Morgan fingerprint density at radius 1 is 0.810 bits per heavy atom. The molecule has 0 atom stereocenters. The van der Waals surface area contributed by atoms with Gasteiger partial charge in [-0.2, -0.15) is 0 Å². The van der Waals surface area contributed by atoms with Crippen molar-refractivity contribution in [3.63, 3.8) is 0 Å². The van der Waals surface area contributed by atoms with Crippen LogP contribution in [0.4, 0.5) is 0 Å². The first-order valence-electron chi connectivity index (χ1n) is 8.08. The lowest BCUT2D eigenvalue weighted by atomic mass is 9.82. The van der Waals surface area contributed by atoms with E-state index in [1.807, 2.05) is 0 Å². The first-order chi connectivity index (χ1) is 10.4. The van der Waals surface area contributed by atoms with Gasteiger partial charge in [-0.15, -0.1) is 0 Å². The van der Waals surface area contributed by atoms with E-state index in [9.17, 15) is 0 Å². The molecule has 1 fully saturated rings. The van der Waals surface area contributed by atoms with E-state index in [0.717, 1.165) is 5.92 Å². The van der Waals surface area contributed by atoms with E-state index >= 15 is 0 Å². The van der Waals surface area contributed by atoms with Crippen LogP contribution in [-0.4, -0.2) is 4.40 Å². The van der Waals surface area contributed by atoms with Crippen LogP contribution < -0.4 is 0 Å². The fraction of sp³-hybridized carbons (Fsp3) is 0.300. The second-order valence-corrected chi connectivity index (χ2v) is 6.15. The minimum absolute atomic E-state index is 0.730. The number of nitrogens with zero attached hydrogens (tertiary/aromatic N) is 1. The van der Waals surface area contributed by atoms with Gasteiger partial charge >= 0.3 is 0 Å². The third kappa shape index (κ3) is 2.27. The molecule has 2 heterocycles. The zero-order chi connectivity index (χ0) is 14.1. The van der Waals surface area contributed by atoms with E-state index in [1.54, 1.807) is 5.56 Å². The summed E-state index contributed by atoms with van der Waals surface area (Å²) in [6.45, 7) is 0. The van der Waals surface area contributed by atoms with Gasteiger partial charge in [-0.3, -0.25) is 0 Å². The first kappa shape index (κ1) is 12.7. The predicted molar refractivity (Wildman–Crippen MR) is 88.7 cm³/mol. The van der Waals surface area contributed by atoms with E-state index in [1.165, 1.54) is 48.7 Å². The second kappa shape index (κ2) is 5.40. The van der Waals surface area contributed by atoms with Gasteiger partial charge in [-0.25, -0.2) is 0 Å². The molecule has 0 N–H and O–H groups in total. The Hall–Kier alpha value is -2.02. The van der Waals surface area contributed by atoms with Gasteiger partial charge in [0, 0.05) is 18.0 Å². The van der Waals surface area contributed by atoms with Gasteiger partial charge in [0.2, 0.25) is 0 Å². The zero-order valence-electron chi connectivity index (χ0n) is 12.3. The first-order valence-corrected chi connectivity index (χ1v) is 8.08. The van der Waals surface area contributed by atoms with Crippen LogP contribution in [0, 0.1) is 0 Å². The van der Waals surface area contributed by atoms with Crippen LogP contribution in [-0.2, 0) is 0 Å². The molecular weight excluding hydrogens is 254 g/mol. The third-order valence-corrected chi connectivity index (χ3v) is 4.82. The summed E-state index contributed by atoms with van der Waals surface area (Å²) in [5.41, 5.74) is 5.69. The van der Waals surface area contributed by atoms with Crippen molar-refractivity contribution in [2.45, 2.75) is 38.0 Å². The van der Waals surface area contributed by atoms with Gasteiger partial charge in [-0.1, -0.05) is 55.7 Å². The molecule has 1 aliphatic rings. The number of pyridine rings is 1. The summed E-state index contributed by atoms with van der Waals surface area (Å²) in [5, 5.41) is 0. The molecule has 0 spiro atoms. The van der Waals surface area contributed by atoms with Crippen molar-refractivity contribution < 1.29 is 0 Å². The smallest absolute Gasteiger partial charge is 0.0531 e. The maximum atomic E-state index is 2.37. The van der Waals surface area contributed by atoms with Gasteiger partial charge in [0.25, 0.3) is 0 Å². The van der Waals surface area contributed by atoms with Crippen LogP contribution in [0.3, 0.4) is 0 Å². The Kier molecular flexibility index (Phi) is 3.27. The minimum atomic E-state index is 0.730. The summed E-state index contributed by atoms with van der Waals surface area (Å²) < 4.78 is 2.30. The summed E-state index contributed by atoms with van der Waals surface area (Å²) in [4.78, 5) is 0. The second-order valence-electron chi connectivity index (χ2n) is 6.15. The van der Waals surface area contributed by atoms with Crippen LogP contribution in [0.15, 0.2) is 60.9 Å². The van der Waals surface area contributed by atoms with E-state index in [-0.39, 0.29) is 0 Å². The Bertz CT molecular complexity index is 733. The Morgan fingerprint density at radius 2 is 1.57 bits per heavy atom. The van der Waals surface area contributed by atoms with Crippen LogP contribution in [0.2, 0.25) is 0 Å². The highest BCUT2D eigenvalue weighted by Gasteiger charge is 2.22. The maximum Gasteiger partial charge on any atom is 0.0531 e. The highest BCUT2D eigenvalue weighted by Crippen LogP contribution is 2.40.